The van der Waals surface area contributed by atoms with E-state index in [-0.39, 0.29) is 0 Å². The van der Waals surface area contributed by atoms with Crippen LogP contribution < -0.4 is 0 Å². The fourth-order valence-electron chi connectivity index (χ4n) is 1.39. The number of rotatable bonds is 5. The normalized spacial score (nSPS) is 11.3. The third kappa shape index (κ3) is 3.58. The lowest BCUT2D eigenvalue weighted by molar-refractivity contribution is 0.251. The topological polar surface area (TPSA) is 9.23 Å². The van der Waals surface area contributed by atoms with Crippen LogP contribution in [-0.2, 0) is 4.74 Å². The minimum absolute atomic E-state index is 0.779. The van der Waals surface area contributed by atoms with Crippen molar-refractivity contribution in [1.29, 1.82) is 0 Å². The molecule has 1 heteroatoms. The van der Waals surface area contributed by atoms with Gasteiger partial charge in [0.05, 0.1) is 12.9 Å². The molecule has 0 N–H and O–H groups in total. The standard InChI is InChI=1S/C15H20O/c1-5-10-16-11-13(4)15-8-6-14(7-9-15)12(2)3/h6-9,11H,2,5,10H2,1,3-4H3/b13-11+. The van der Waals surface area contributed by atoms with Gasteiger partial charge in [-0.2, -0.15) is 0 Å². The summed E-state index contributed by atoms with van der Waals surface area (Å²) in [5, 5.41) is 0. The van der Waals surface area contributed by atoms with Gasteiger partial charge in [0.1, 0.15) is 0 Å². The molecule has 0 bridgehead atoms. The molecule has 1 rings (SSSR count). The summed E-state index contributed by atoms with van der Waals surface area (Å²) in [6.45, 7) is 10.9. The second kappa shape index (κ2) is 6.16. The minimum atomic E-state index is 0.779. The molecule has 0 fully saturated rings. The van der Waals surface area contributed by atoms with Gasteiger partial charge in [0.25, 0.3) is 0 Å². The van der Waals surface area contributed by atoms with E-state index >= 15 is 0 Å². The molecular formula is C15H20O. The van der Waals surface area contributed by atoms with Gasteiger partial charge in [-0.05, 0) is 37.0 Å². The molecular weight excluding hydrogens is 196 g/mol. The van der Waals surface area contributed by atoms with Crippen molar-refractivity contribution < 1.29 is 4.74 Å². The number of hydrogen-bond acceptors (Lipinski definition) is 1. The summed E-state index contributed by atoms with van der Waals surface area (Å²) >= 11 is 0. The zero-order valence-electron chi connectivity index (χ0n) is 10.4. The largest absolute Gasteiger partial charge is 0.501 e. The molecule has 0 aliphatic heterocycles. The fraction of sp³-hybridized carbons (Fsp3) is 0.333. The van der Waals surface area contributed by atoms with E-state index in [0.717, 1.165) is 24.2 Å². The van der Waals surface area contributed by atoms with Crippen molar-refractivity contribution >= 4 is 11.1 Å². The summed E-state index contributed by atoms with van der Waals surface area (Å²) in [5.41, 5.74) is 4.63. The smallest absolute Gasteiger partial charge is 0.0870 e. The van der Waals surface area contributed by atoms with E-state index in [1.165, 1.54) is 11.1 Å². The number of ether oxygens (including phenoxy) is 1. The second-order valence-electron chi connectivity index (χ2n) is 4.03. The Hall–Kier alpha value is -1.50. The Morgan fingerprint density at radius 2 is 1.75 bits per heavy atom. The van der Waals surface area contributed by atoms with Crippen LogP contribution in [0.2, 0.25) is 0 Å². The van der Waals surface area contributed by atoms with Crippen molar-refractivity contribution in [3.63, 3.8) is 0 Å². The average Bonchev–Trinajstić information content (AvgIpc) is 2.29. The van der Waals surface area contributed by atoms with E-state index in [0.29, 0.717) is 0 Å². The van der Waals surface area contributed by atoms with Gasteiger partial charge < -0.3 is 4.74 Å². The first-order valence-corrected chi connectivity index (χ1v) is 5.70. The van der Waals surface area contributed by atoms with Crippen LogP contribution in [0, 0.1) is 0 Å². The third-order valence-corrected chi connectivity index (χ3v) is 2.42. The van der Waals surface area contributed by atoms with Crippen LogP contribution in [-0.4, -0.2) is 6.61 Å². The first kappa shape index (κ1) is 12.6. The van der Waals surface area contributed by atoms with Crippen LogP contribution in [0.1, 0.15) is 38.3 Å². The van der Waals surface area contributed by atoms with Crippen LogP contribution >= 0.6 is 0 Å². The van der Waals surface area contributed by atoms with Gasteiger partial charge in [-0.15, -0.1) is 0 Å². The van der Waals surface area contributed by atoms with Crippen molar-refractivity contribution in [3.05, 3.63) is 48.2 Å². The maximum Gasteiger partial charge on any atom is 0.0870 e. The highest BCUT2D eigenvalue weighted by Gasteiger charge is 1.97. The Kier molecular flexibility index (Phi) is 4.84. The molecule has 0 aromatic heterocycles. The van der Waals surface area contributed by atoms with Gasteiger partial charge in [-0.3, -0.25) is 0 Å². The van der Waals surface area contributed by atoms with Crippen LogP contribution in [0.5, 0.6) is 0 Å². The number of allylic oxidation sites excluding steroid dienone is 2. The highest BCUT2D eigenvalue weighted by Crippen LogP contribution is 2.17. The fourth-order valence-corrected chi connectivity index (χ4v) is 1.39. The van der Waals surface area contributed by atoms with Crippen molar-refractivity contribution in [2.24, 2.45) is 0 Å². The Balaban J connectivity index is 2.73. The summed E-state index contributed by atoms with van der Waals surface area (Å²) in [6.07, 6.45) is 2.87. The van der Waals surface area contributed by atoms with Crippen molar-refractivity contribution in [2.75, 3.05) is 6.61 Å². The molecule has 86 valence electrons. The lowest BCUT2D eigenvalue weighted by atomic mass is 10.0. The minimum Gasteiger partial charge on any atom is -0.501 e. The molecule has 0 amide bonds. The van der Waals surface area contributed by atoms with Gasteiger partial charge in [-0.1, -0.05) is 43.3 Å². The predicted octanol–water partition coefficient (Wildman–Crippen LogP) is 4.51. The highest BCUT2D eigenvalue weighted by molar-refractivity contribution is 5.67. The van der Waals surface area contributed by atoms with E-state index in [1.807, 2.05) is 13.2 Å². The van der Waals surface area contributed by atoms with Crippen LogP contribution in [0.25, 0.3) is 11.1 Å². The van der Waals surface area contributed by atoms with E-state index in [2.05, 4.69) is 44.7 Å². The molecule has 1 aromatic carbocycles. The maximum absolute atomic E-state index is 5.40. The van der Waals surface area contributed by atoms with Crippen LogP contribution in [0.3, 0.4) is 0 Å². The Labute approximate surface area is 98.5 Å². The van der Waals surface area contributed by atoms with Crippen molar-refractivity contribution in [1.82, 2.24) is 0 Å². The monoisotopic (exact) mass is 216 g/mol. The van der Waals surface area contributed by atoms with Gasteiger partial charge in [0, 0.05) is 0 Å². The predicted molar refractivity (Wildman–Crippen MR) is 71.0 cm³/mol. The lowest BCUT2D eigenvalue weighted by Gasteiger charge is -2.05. The average molecular weight is 216 g/mol. The molecule has 0 radical (unpaired) electrons. The van der Waals surface area contributed by atoms with Gasteiger partial charge >= 0.3 is 0 Å². The quantitative estimate of drug-likeness (QED) is 0.520. The van der Waals surface area contributed by atoms with E-state index in [4.69, 9.17) is 4.74 Å². The molecule has 0 unspecified atom stereocenters. The molecule has 16 heavy (non-hydrogen) atoms. The number of benzene rings is 1. The molecule has 1 aromatic rings. The Bertz CT molecular complexity index is 371. The Morgan fingerprint density at radius 1 is 1.19 bits per heavy atom. The summed E-state index contributed by atoms with van der Waals surface area (Å²) in [6, 6.07) is 8.39. The Morgan fingerprint density at radius 3 is 2.25 bits per heavy atom. The van der Waals surface area contributed by atoms with Crippen LogP contribution in [0.15, 0.2) is 37.1 Å². The summed E-state index contributed by atoms with van der Waals surface area (Å²) in [4.78, 5) is 0. The molecule has 0 aliphatic rings. The van der Waals surface area contributed by atoms with E-state index in [1.54, 1.807) is 0 Å². The van der Waals surface area contributed by atoms with Gasteiger partial charge in [0.15, 0.2) is 0 Å². The zero-order valence-corrected chi connectivity index (χ0v) is 10.4. The van der Waals surface area contributed by atoms with Crippen molar-refractivity contribution in [3.8, 4) is 0 Å². The van der Waals surface area contributed by atoms with Gasteiger partial charge in [0.2, 0.25) is 0 Å². The molecule has 0 heterocycles. The molecule has 0 spiro atoms. The van der Waals surface area contributed by atoms with Gasteiger partial charge in [-0.25, -0.2) is 0 Å². The van der Waals surface area contributed by atoms with E-state index in [9.17, 15) is 0 Å². The molecule has 1 nitrogen and oxygen atoms in total. The summed E-state index contributed by atoms with van der Waals surface area (Å²) in [5.74, 6) is 0. The highest BCUT2D eigenvalue weighted by atomic mass is 16.5. The van der Waals surface area contributed by atoms with Crippen molar-refractivity contribution in [2.45, 2.75) is 27.2 Å². The second-order valence-corrected chi connectivity index (χ2v) is 4.03. The first-order chi connectivity index (χ1) is 7.65. The zero-order chi connectivity index (χ0) is 12.0. The molecule has 0 saturated carbocycles. The molecule has 0 saturated heterocycles. The summed E-state index contributed by atoms with van der Waals surface area (Å²) < 4.78 is 5.40. The van der Waals surface area contributed by atoms with Crippen LogP contribution in [0.4, 0.5) is 0 Å². The lowest BCUT2D eigenvalue weighted by Crippen LogP contribution is -1.87. The molecule has 0 atom stereocenters. The summed E-state index contributed by atoms with van der Waals surface area (Å²) in [7, 11) is 0. The van der Waals surface area contributed by atoms with E-state index < -0.39 is 0 Å². The number of hydrogen-bond donors (Lipinski definition) is 0. The third-order valence-electron chi connectivity index (χ3n) is 2.42. The molecule has 0 aliphatic carbocycles. The maximum atomic E-state index is 5.40. The first-order valence-electron chi connectivity index (χ1n) is 5.70. The SMILES string of the molecule is C=C(C)c1ccc(/C(C)=C/OCCC)cc1.